The smallest absolute Gasteiger partial charge is 0.0290 e. The summed E-state index contributed by atoms with van der Waals surface area (Å²) in [5.41, 5.74) is 5.37. The van der Waals surface area contributed by atoms with Crippen molar-refractivity contribution in [2.45, 2.75) is 12.8 Å². The van der Waals surface area contributed by atoms with Crippen molar-refractivity contribution in [3.8, 4) is 0 Å². The van der Waals surface area contributed by atoms with Crippen LogP contribution in [-0.4, -0.2) is 0 Å². The molecule has 0 aromatic heterocycles. The van der Waals surface area contributed by atoms with Crippen LogP contribution in [-0.2, 0) is 0 Å². The number of allylic oxidation sites excluding steroid dienone is 1. The summed E-state index contributed by atoms with van der Waals surface area (Å²) in [5, 5.41) is 2.60. The summed E-state index contributed by atoms with van der Waals surface area (Å²) in [6, 6.07) is 19.8. The first-order chi connectivity index (χ1) is 10.2. The van der Waals surface area contributed by atoms with Crippen molar-refractivity contribution in [1.82, 2.24) is 0 Å². The predicted octanol–water partition coefficient (Wildman–Crippen LogP) is 6.07. The molecule has 3 aromatic carbocycles. The first-order valence-corrected chi connectivity index (χ1v) is 7.98. The molecule has 1 atom stereocenters. The number of halogens is 1. The Balaban J connectivity index is 1.87. The van der Waals surface area contributed by atoms with Crippen LogP contribution in [0.2, 0.25) is 0 Å². The molecule has 21 heavy (non-hydrogen) atoms. The quantitative estimate of drug-likeness (QED) is 0.506. The minimum absolute atomic E-state index is 0.347. The van der Waals surface area contributed by atoms with Crippen LogP contribution in [0.25, 0.3) is 16.8 Å². The molecule has 0 radical (unpaired) electrons. The van der Waals surface area contributed by atoms with Crippen molar-refractivity contribution in [3.63, 3.8) is 0 Å². The van der Waals surface area contributed by atoms with Crippen LogP contribution in [0.4, 0.5) is 0 Å². The molecule has 0 N–H and O–H groups in total. The third kappa shape index (κ3) is 2.13. The van der Waals surface area contributed by atoms with Crippen molar-refractivity contribution >= 4 is 32.8 Å². The van der Waals surface area contributed by atoms with Crippen LogP contribution in [0.1, 0.15) is 28.2 Å². The summed E-state index contributed by atoms with van der Waals surface area (Å²) in [6.07, 6.45) is 4.55. The number of fused-ring (bicyclic) bond motifs is 2. The Morgan fingerprint density at radius 2 is 1.71 bits per heavy atom. The van der Waals surface area contributed by atoms with E-state index in [2.05, 4.69) is 89.6 Å². The van der Waals surface area contributed by atoms with E-state index < -0.39 is 0 Å². The van der Waals surface area contributed by atoms with Gasteiger partial charge in [0.15, 0.2) is 0 Å². The number of aryl methyl sites for hydroxylation is 1. The SMILES string of the molecule is Cc1cc(Br)c2c(c1)C=CC2c1ccc2ccccc2c1. The predicted molar refractivity (Wildman–Crippen MR) is 93.7 cm³/mol. The van der Waals surface area contributed by atoms with E-state index in [0.717, 1.165) is 0 Å². The second-order valence-electron chi connectivity index (χ2n) is 5.69. The van der Waals surface area contributed by atoms with Crippen molar-refractivity contribution in [1.29, 1.82) is 0 Å². The average molecular weight is 335 g/mol. The summed E-state index contributed by atoms with van der Waals surface area (Å²) in [5.74, 6) is 0.347. The third-order valence-electron chi connectivity index (χ3n) is 4.22. The van der Waals surface area contributed by atoms with Gasteiger partial charge in [-0.2, -0.15) is 0 Å². The van der Waals surface area contributed by atoms with Crippen LogP contribution in [0.5, 0.6) is 0 Å². The van der Waals surface area contributed by atoms with Crippen molar-refractivity contribution < 1.29 is 0 Å². The van der Waals surface area contributed by atoms with E-state index in [1.54, 1.807) is 0 Å². The molecule has 0 aliphatic heterocycles. The standard InChI is InChI=1S/C20H15Br/c1-13-10-17-8-9-18(20(17)19(21)11-13)16-7-6-14-4-2-3-5-15(14)12-16/h2-12,18H,1H3. The highest BCUT2D eigenvalue weighted by Gasteiger charge is 2.22. The number of benzene rings is 3. The van der Waals surface area contributed by atoms with Crippen LogP contribution in [0.3, 0.4) is 0 Å². The Morgan fingerprint density at radius 1 is 0.905 bits per heavy atom. The lowest BCUT2D eigenvalue weighted by Crippen LogP contribution is -1.98. The molecule has 1 unspecified atom stereocenters. The summed E-state index contributed by atoms with van der Waals surface area (Å²) < 4.78 is 1.21. The molecule has 0 saturated heterocycles. The fourth-order valence-electron chi connectivity index (χ4n) is 3.22. The normalized spacial score (nSPS) is 16.4. The fourth-order valence-corrected chi connectivity index (χ4v) is 4.06. The van der Waals surface area contributed by atoms with Gasteiger partial charge in [0.25, 0.3) is 0 Å². The van der Waals surface area contributed by atoms with Crippen LogP contribution < -0.4 is 0 Å². The molecule has 0 nitrogen and oxygen atoms in total. The van der Waals surface area contributed by atoms with Gasteiger partial charge in [-0.15, -0.1) is 0 Å². The average Bonchev–Trinajstić information content (AvgIpc) is 2.90. The molecule has 3 aromatic rings. The number of hydrogen-bond donors (Lipinski definition) is 0. The van der Waals surface area contributed by atoms with Crippen LogP contribution in [0.15, 0.2) is 65.1 Å². The zero-order valence-electron chi connectivity index (χ0n) is 11.8. The van der Waals surface area contributed by atoms with E-state index in [0.29, 0.717) is 5.92 Å². The van der Waals surface area contributed by atoms with Gasteiger partial charge in [-0.3, -0.25) is 0 Å². The van der Waals surface area contributed by atoms with Gasteiger partial charge in [-0.25, -0.2) is 0 Å². The Kier molecular flexibility index (Phi) is 2.97. The molecule has 1 aliphatic carbocycles. The van der Waals surface area contributed by atoms with Crippen molar-refractivity contribution in [3.05, 3.63) is 87.4 Å². The molecule has 1 aliphatic rings. The van der Waals surface area contributed by atoms with E-state index in [4.69, 9.17) is 0 Å². The highest BCUT2D eigenvalue weighted by Crippen LogP contribution is 2.41. The topological polar surface area (TPSA) is 0 Å². The molecule has 0 heterocycles. The van der Waals surface area contributed by atoms with Gasteiger partial charge in [0.1, 0.15) is 0 Å². The molecular formula is C20H15Br. The summed E-state index contributed by atoms with van der Waals surface area (Å²) >= 11 is 3.75. The summed E-state index contributed by atoms with van der Waals surface area (Å²) in [6.45, 7) is 2.14. The van der Waals surface area contributed by atoms with Gasteiger partial charge in [0, 0.05) is 10.4 Å². The van der Waals surface area contributed by atoms with Crippen LogP contribution >= 0.6 is 15.9 Å². The minimum Gasteiger partial charge on any atom is -0.0720 e. The van der Waals surface area contributed by atoms with Gasteiger partial charge in [-0.1, -0.05) is 76.6 Å². The molecule has 1 heteroatoms. The van der Waals surface area contributed by atoms with Gasteiger partial charge in [0.05, 0.1) is 0 Å². The second kappa shape index (κ2) is 4.85. The first kappa shape index (κ1) is 12.8. The van der Waals surface area contributed by atoms with Gasteiger partial charge >= 0.3 is 0 Å². The largest absolute Gasteiger partial charge is 0.0720 e. The Morgan fingerprint density at radius 3 is 2.57 bits per heavy atom. The summed E-state index contributed by atoms with van der Waals surface area (Å²) in [4.78, 5) is 0. The Bertz CT molecular complexity index is 874. The van der Waals surface area contributed by atoms with E-state index in [9.17, 15) is 0 Å². The Hall–Kier alpha value is -1.86. The lowest BCUT2D eigenvalue weighted by Gasteiger charge is -2.15. The van der Waals surface area contributed by atoms with Crippen LogP contribution in [0, 0.1) is 6.92 Å². The van der Waals surface area contributed by atoms with E-state index >= 15 is 0 Å². The van der Waals surface area contributed by atoms with Crippen molar-refractivity contribution in [2.24, 2.45) is 0 Å². The number of rotatable bonds is 1. The maximum absolute atomic E-state index is 3.75. The molecule has 102 valence electrons. The van der Waals surface area contributed by atoms with E-state index in [-0.39, 0.29) is 0 Å². The molecule has 4 rings (SSSR count). The zero-order valence-corrected chi connectivity index (χ0v) is 13.4. The zero-order chi connectivity index (χ0) is 14.4. The highest BCUT2D eigenvalue weighted by atomic mass is 79.9. The highest BCUT2D eigenvalue weighted by molar-refractivity contribution is 9.10. The van der Waals surface area contributed by atoms with Crippen molar-refractivity contribution in [2.75, 3.05) is 0 Å². The third-order valence-corrected chi connectivity index (χ3v) is 4.87. The lowest BCUT2D eigenvalue weighted by molar-refractivity contribution is 1.04. The molecule has 0 spiro atoms. The lowest BCUT2D eigenvalue weighted by atomic mass is 9.91. The van der Waals surface area contributed by atoms with Gasteiger partial charge in [0.2, 0.25) is 0 Å². The molecular weight excluding hydrogens is 320 g/mol. The Labute approximate surface area is 133 Å². The molecule has 0 saturated carbocycles. The maximum Gasteiger partial charge on any atom is 0.0290 e. The van der Waals surface area contributed by atoms with Gasteiger partial charge < -0.3 is 0 Å². The molecule has 0 bridgehead atoms. The molecule has 0 fully saturated rings. The minimum atomic E-state index is 0.347. The van der Waals surface area contributed by atoms with Gasteiger partial charge in [-0.05, 0) is 46.0 Å². The maximum atomic E-state index is 3.75. The molecule has 0 amide bonds. The fraction of sp³-hybridized carbons (Fsp3) is 0.100. The first-order valence-electron chi connectivity index (χ1n) is 7.19. The van der Waals surface area contributed by atoms with E-state index in [1.807, 2.05) is 0 Å². The monoisotopic (exact) mass is 334 g/mol. The van der Waals surface area contributed by atoms with E-state index in [1.165, 1.54) is 37.5 Å². The summed E-state index contributed by atoms with van der Waals surface area (Å²) in [7, 11) is 0. The number of hydrogen-bond acceptors (Lipinski definition) is 0. The second-order valence-corrected chi connectivity index (χ2v) is 6.55.